The first-order chi connectivity index (χ1) is 9.66. The number of hydrogen-bond acceptors (Lipinski definition) is 3. The van der Waals surface area contributed by atoms with Crippen molar-refractivity contribution in [3.05, 3.63) is 71.0 Å². The number of ether oxygens (including phenoxy) is 1. The maximum Gasteiger partial charge on any atom is 0.331 e. The number of esters is 1. The van der Waals surface area contributed by atoms with Gasteiger partial charge in [0.2, 0.25) is 0 Å². The maximum absolute atomic E-state index is 11.7. The molecule has 0 aliphatic carbocycles. The monoisotopic (exact) mass is 287 g/mol. The molecular formula is C16H14ClNO2. The molecule has 3 nitrogen and oxygen atoms in total. The summed E-state index contributed by atoms with van der Waals surface area (Å²) in [6.45, 7) is 1.98. The van der Waals surface area contributed by atoms with Crippen LogP contribution in [0.2, 0.25) is 5.02 Å². The van der Waals surface area contributed by atoms with E-state index in [0.29, 0.717) is 10.7 Å². The van der Waals surface area contributed by atoms with Gasteiger partial charge in [-0.2, -0.15) is 0 Å². The first-order valence-corrected chi connectivity index (χ1v) is 6.54. The first-order valence-electron chi connectivity index (χ1n) is 6.16. The van der Waals surface area contributed by atoms with Crippen LogP contribution in [-0.2, 0) is 16.1 Å². The lowest BCUT2D eigenvalue weighted by atomic mass is 10.1. The molecule has 0 spiro atoms. The zero-order valence-corrected chi connectivity index (χ0v) is 11.8. The highest BCUT2D eigenvalue weighted by Crippen LogP contribution is 2.22. The average molecular weight is 288 g/mol. The second-order valence-corrected chi connectivity index (χ2v) is 4.64. The van der Waals surface area contributed by atoms with Gasteiger partial charge in [-0.15, -0.1) is 0 Å². The minimum atomic E-state index is -0.409. The Morgan fingerprint density at radius 3 is 2.70 bits per heavy atom. The van der Waals surface area contributed by atoms with E-state index in [1.807, 2.05) is 37.3 Å². The van der Waals surface area contributed by atoms with E-state index in [-0.39, 0.29) is 6.61 Å². The van der Waals surface area contributed by atoms with Crippen LogP contribution in [0.3, 0.4) is 0 Å². The number of halogens is 1. The molecule has 0 bridgehead atoms. The van der Waals surface area contributed by atoms with Gasteiger partial charge in [0.25, 0.3) is 0 Å². The number of allylic oxidation sites excluding steroid dienone is 1. The standard InChI is InChI=1S/C16H14ClNO2/c1-12(14-7-2-3-8-15(14)17)10-16(19)20-11-13-6-4-5-9-18-13/h2-10H,11H2,1H3/b12-10-. The van der Waals surface area contributed by atoms with Crippen LogP contribution in [0.1, 0.15) is 18.2 Å². The fourth-order valence-electron chi connectivity index (χ4n) is 1.71. The summed E-state index contributed by atoms with van der Waals surface area (Å²) in [5, 5.41) is 0.610. The third kappa shape index (κ3) is 3.93. The largest absolute Gasteiger partial charge is 0.456 e. The zero-order valence-electron chi connectivity index (χ0n) is 11.0. The van der Waals surface area contributed by atoms with Gasteiger partial charge < -0.3 is 4.74 Å². The summed E-state index contributed by atoms with van der Waals surface area (Å²) in [4.78, 5) is 15.8. The molecule has 0 saturated heterocycles. The van der Waals surface area contributed by atoms with Gasteiger partial charge in [0.05, 0.1) is 5.69 Å². The Hall–Kier alpha value is -2.13. The average Bonchev–Trinajstić information content (AvgIpc) is 2.46. The quantitative estimate of drug-likeness (QED) is 0.633. The van der Waals surface area contributed by atoms with E-state index >= 15 is 0 Å². The van der Waals surface area contributed by atoms with Crippen LogP contribution in [0.15, 0.2) is 54.7 Å². The van der Waals surface area contributed by atoms with Crippen molar-refractivity contribution in [3.8, 4) is 0 Å². The van der Waals surface area contributed by atoms with Crippen molar-refractivity contribution in [2.75, 3.05) is 0 Å². The zero-order chi connectivity index (χ0) is 14.4. The van der Waals surface area contributed by atoms with Crippen molar-refractivity contribution in [2.24, 2.45) is 0 Å². The summed E-state index contributed by atoms with van der Waals surface area (Å²) < 4.78 is 5.14. The molecule has 0 radical (unpaired) electrons. The van der Waals surface area contributed by atoms with Gasteiger partial charge in [0, 0.05) is 17.3 Å². The van der Waals surface area contributed by atoms with Gasteiger partial charge >= 0.3 is 5.97 Å². The van der Waals surface area contributed by atoms with E-state index in [1.54, 1.807) is 18.3 Å². The summed E-state index contributed by atoms with van der Waals surface area (Å²) in [5.74, 6) is -0.409. The third-order valence-corrected chi connectivity index (χ3v) is 3.05. The molecule has 0 N–H and O–H groups in total. The number of nitrogens with zero attached hydrogens (tertiary/aromatic N) is 1. The van der Waals surface area contributed by atoms with Crippen LogP contribution < -0.4 is 0 Å². The smallest absolute Gasteiger partial charge is 0.331 e. The molecule has 0 atom stereocenters. The Morgan fingerprint density at radius 2 is 2.00 bits per heavy atom. The lowest BCUT2D eigenvalue weighted by Gasteiger charge is -2.05. The van der Waals surface area contributed by atoms with E-state index in [9.17, 15) is 4.79 Å². The number of rotatable bonds is 4. The van der Waals surface area contributed by atoms with Crippen LogP contribution in [0.25, 0.3) is 5.57 Å². The van der Waals surface area contributed by atoms with Gasteiger partial charge in [-0.3, -0.25) is 4.98 Å². The van der Waals surface area contributed by atoms with E-state index in [4.69, 9.17) is 16.3 Å². The molecule has 2 rings (SSSR count). The summed E-state index contributed by atoms with van der Waals surface area (Å²) in [6.07, 6.45) is 3.10. The summed E-state index contributed by atoms with van der Waals surface area (Å²) in [6, 6.07) is 12.8. The van der Waals surface area contributed by atoms with Crippen LogP contribution in [0, 0.1) is 0 Å². The molecule has 1 aromatic heterocycles. The van der Waals surface area contributed by atoms with Gasteiger partial charge in [-0.05, 0) is 36.3 Å². The molecule has 1 heterocycles. The van der Waals surface area contributed by atoms with Crippen molar-refractivity contribution in [1.82, 2.24) is 4.98 Å². The number of hydrogen-bond donors (Lipinski definition) is 0. The van der Waals surface area contributed by atoms with E-state index < -0.39 is 5.97 Å². The van der Waals surface area contributed by atoms with Gasteiger partial charge in [0.1, 0.15) is 6.61 Å². The second-order valence-electron chi connectivity index (χ2n) is 4.24. The van der Waals surface area contributed by atoms with E-state index in [0.717, 1.165) is 11.1 Å². The minimum absolute atomic E-state index is 0.159. The van der Waals surface area contributed by atoms with E-state index in [1.165, 1.54) is 6.08 Å². The molecule has 20 heavy (non-hydrogen) atoms. The molecule has 0 fully saturated rings. The van der Waals surface area contributed by atoms with Crippen LogP contribution >= 0.6 is 11.6 Å². The van der Waals surface area contributed by atoms with Crippen LogP contribution in [0.5, 0.6) is 0 Å². The molecule has 0 amide bonds. The van der Waals surface area contributed by atoms with Gasteiger partial charge in [0.15, 0.2) is 0 Å². The predicted molar refractivity (Wildman–Crippen MR) is 79.1 cm³/mol. The summed E-state index contributed by atoms with van der Waals surface area (Å²) in [5.41, 5.74) is 2.30. The normalized spacial score (nSPS) is 11.2. The predicted octanol–water partition coefficient (Wildman–Crippen LogP) is 3.88. The summed E-state index contributed by atoms with van der Waals surface area (Å²) in [7, 11) is 0. The molecule has 0 saturated carbocycles. The van der Waals surface area contributed by atoms with Crippen molar-refractivity contribution < 1.29 is 9.53 Å². The third-order valence-electron chi connectivity index (χ3n) is 2.72. The van der Waals surface area contributed by atoms with Crippen LogP contribution in [-0.4, -0.2) is 11.0 Å². The fraction of sp³-hybridized carbons (Fsp3) is 0.125. The summed E-state index contributed by atoms with van der Waals surface area (Å²) >= 11 is 6.07. The first kappa shape index (κ1) is 14.3. The second kappa shape index (κ2) is 6.87. The Balaban J connectivity index is 2.00. The Morgan fingerprint density at radius 1 is 1.25 bits per heavy atom. The van der Waals surface area contributed by atoms with Crippen molar-refractivity contribution in [2.45, 2.75) is 13.5 Å². The number of carbonyl (C=O) groups is 1. The lowest BCUT2D eigenvalue weighted by Crippen LogP contribution is -2.02. The van der Waals surface area contributed by atoms with E-state index in [2.05, 4.69) is 4.98 Å². The highest BCUT2D eigenvalue weighted by atomic mass is 35.5. The highest BCUT2D eigenvalue weighted by molar-refractivity contribution is 6.32. The van der Waals surface area contributed by atoms with Crippen LogP contribution in [0.4, 0.5) is 0 Å². The Bertz CT molecular complexity index is 623. The molecule has 2 aromatic rings. The molecule has 4 heteroatoms. The van der Waals surface area contributed by atoms with Crippen molar-refractivity contribution in [1.29, 1.82) is 0 Å². The lowest BCUT2D eigenvalue weighted by molar-refractivity contribution is -0.139. The van der Waals surface area contributed by atoms with Gasteiger partial charge in [-0.25, -0.2) is 4.79 Å². The van der Waals surface area contributed by atoms with Crippen molar-refractivity contribution >= 4 is 23.1 Å². The number of pyridine rings is 1. The number of aromatic nitrogens is 1. The molecule has 102 valence electrons. The highest BCUT2D eigenvalue weighted by Gasteiger charge is 2.05. The Labute approximate surface area is 122 Å². The SMILES string of the molecule is C/C(=C/C(=O)OCc1ccccn1)c1ccccc1Cl. The molecule has 0 aliphatic heterocycles. The minimum Gasteiger partial charge on any atom is -0.456 e. The molecular weight excluding hydrogens is 274 g/mol. The molecule has 0 unspecified atom stereocenters. The fourth-order valence-corrected chi connectivity index (χ4v) is 1.99. The number of benzene rings is 1. The molecule has 1 aromatic carbocycles. The van der Waals surface area contributed by atoms with Gasteiger partial charge in [-0.1, -0.05) is 35.9 Å². The topological polar surface area (TPSA) is 39.2 Å². The maximum atomic E-state index is 11.7. The Kier molecular flexibility index (Phi) is 4.91. The van der Waals surface area contributed by atoms with Crippen molar-refractivity contribution in [3.63, 3.8) is 0 Å². The number of carbonyl (C=O) groups excluding carboxylic acids is 1. The molecule has 0 aliphatic rings.